The van der Waals surface area contributed by atoms with Crippen LogP contribution in [0.1, 0.15) is 10.4 Å². The van der Waals surface area contributed by atoms with E-state index in [2.05, 4.69) is 9.97 Å². The highest BCUT2D eigenvalue weighted by Gasteiger charge is 2.11. The third kappa shape index (κ3) is 2.23. The number of carbonyl (C=O) groups is 1. The Morgan fingerprint density at radius 1 is 1.41 bits per heavy atom. The van der Waals surface area contributed by atoms with Gasteiger partial charge in [0.2, 0.25) is 5.88 Å². The molecule has 2 aromatic heterocycles. The normalized spacial score (nSPS) is 9.94. The minimum absolute atomic E-state index is 0.115. The molecule has 0 atom stereocenters. The quantitative estimate of drug-likeness (QED) is 0.871. The summed E-state index contributed by atoms with van der Waals surface area (Å²) in [5, 5.41) is 8.92. The van der Waals surface area contributed by atoms with Crippen LogP contribution in [0.3, 0.4) is 0 Å². The molecule has 17 heavy (non-hydrogen) atoms. The van der Waals surface area contributed by atoms with Crippen LogP contribution in [0.25, 0.3) is 11.1 Å². The van der Waals surface area contributed by atoms with Crippen LogP contribution in [0, 0.1) is 0 Å². The predicted molar refractivity (Wildman–Crippen MR) is 61.0 cm³/mol. The largest absolute Gasteiger partial charge is 0.481 e. The maximum atomic E-state index is 10.9. The summed E-state index contributed by atoms with van der Waals surface area (Å²) in [6.07, 6.45) is 4.54. The zero-order chi connectivity index (χ0) is 12.3. The van der Waals surface area contributed by atoms with Crippen molar-refractivity contribution in [2.45, 2.75) is 0 Å². The standard InChI is InChI=1S/C12H10N2O3/c1-17-11-10(8-3-2-4-13-6-8)5-9(7-14-11)12(15)16/h2-7H,1H3,(H,15,16). The zero-order valence-electron chi connectivity index (χ0n) is 9.12. The van der Waals surface area contributed by atoms with Crippen LogP contribution in [-0.4, -0.2) is 28.2 Å². The van der Waals surface area contributed by atoms with Crippen LogP contribution in [0.5, 0.6) is 5.88 Å². The fourth-order valence-corrected chi connectivity index (χ4v) is 1.46. The molecule has 86 valence electrons. The fourth-order valence-electron chi connectivity index (χ4n) is 1.46. The second-order valence-electron chi connectivity index (χ2n) is 3.33. The van der Waals surface area contributed by atoms with E-state index >= 15 is 0 Å². The van der Waals surface area contributed by atoms with Gasteiger partial charge >= 0.3 is 5.97 Å². The Hall–Kier alpha value is -2.43. The Kier molecular flexibility index (Phi) is 3.00. The number of aromatic nitrogens is 2. The number of ether oxygens (including phenoxy) is 1. The molecule has 2 aromatic rings. The molecule has 0 radical (unpaired) electrons. The van der Waals surface area contributed by atoms with Crippen molar-refractivity contribution in [2.24, 2.45) is 0 Å². The highest BCUT2D eigenvalue weighted by Crippen LogP contribution is 2.27. The number of nitrogens with zero attached hydrogens (tertiary/aromatic N) is 2. The molecule has 2 heterocycles. The summed E-state index contributed by atoms with van der Waals surface area (Å²) in [5.41, 5.74) is 1.49. The van der Waals surface area contributed by atoms with Crippen LogP contribution in [0.15, 0.2) is 36.8 Å². The van der Waals surface area contributed by atoms with Gasteiger partial charge in [-0.2, -0.15) is 0 Å². The van der Waals surface area contributed by atoms with E-state index in [4.69, 9.17) is 9.84 Å². The predicted octanol–water partition coefficient (Wildman–Crippen LogP) is 1.85. The van der Waals surface area contributed by atoms with Gasteiger partial charge in [-0.1, -0.05) is 6.07 Å². The van der Waals surface area contributed by atoms with Gasteiger partial charge in [-0.3, -0.25) is 4.98 Å². The average Bonchev–Trinajstić information content (AvgIpc) is 2.39. The lowest BCUT2D eigenvalue weighted by molar-refractivity contribution is 0.0696. The molecule has 5 nitrogen and oxygen atoms in total. The van der Waals surface area contributed by atoms with Crippen molar-refractivity contribution in [3.8, 4) is 17.0 Å². The first kappa shape index (κ1) is 11.1. The van der Waals surface area contributed by atoms with Crippen LogP contribution in [0.4, 0.5) is 0 Å². The zero-order valence-corrected chi connectivity index (χ0v) is 9.12. The molecular formula is C12H10N2O3. The van der Waals surface area contributed by atoms with Crippen molar-refractivity contribution in [3.05, 3.63) is 42.4 Å². The van der Waals surface area contributed by atoms with Crippen LogP contribution in [0.2, 0.25) is 0 Å². The highest BCUT2D eigenvalue weighted by atomic mass is 16.5. The van der Waals surface area contributed by atoms with Crippen molar-refractivity contribution in [3.63, 3.8) is 0 Å². The van der Waals surface area contributed by atoms with E-state index in [0.717, 1.165) is 5.56 Å². The van der Waals surface area contributed by atoms with Crippen LogP contribution < -0.4 is 4.74 Å². The Bertz CT molecular complexity index is 541. The summed E-state index contributed by atoms with van der Waals surface area (Å²) in [6.45, 7) is 0. The van der Waals surface area contributed by atoms with E-state index in [0.29, 0.717) is 11.4 Å². The molecule has 0 aliphatic carbocycles. The van der Waals surface area contributed by atoms with E-state index in [9.17, 15) is 4.79 Å². The van der Waals surface area contributed by atoms with Crippen molar-refractivity contribution >= 4 is 5.97 Å². The average molecular weight is 230 g/mol. The number of rotatable bonds is 3. The fraction of sp³-hybridized carbons (Fsp3) is 0.0833. The van der Waals surface area contributed by atoms with Gasteiger partial charge in [0.15, 0.2) is 0 Å². The molecule has 0 spiro atoms. The van der Waals surface area contributed by atoms with Crippen LogP contribution in [-0.2, 0) is 0 Å². The van der Waals surface area contributed by atoms with Gasteiger partial charge < -0.3 is 9.84 Å². The van der Waals surface area contributed by atoms with Crippen molar-refractivity contribution in [1.29, 1.82) is 0 Å². The first-order chi connectivity index (χ1) is 8.22. The molecule has 0 fully saturated rings. The molecule has 0 unspecified atom stereocenters. The van der Waals surface area contributed by atoms with Gasteiger partial charge in [0.25, 0.3) is 0 Å². The number of carboxylic acids is 1. The number of aromatic carboxylic acids is 1. The van der Waals surface area contributed by atoms with Crippen molar-refractivity contribution in [1.82, 2.24) is 9.97 Å². The summed E-state index contributed by atoms with van der Waals surface area (Å²) in [4.78, 5) is 18.8. The maximum absolute atomic E-state index is 10.9. The molecule has 0 bridgehead atoms. The third-order valence-electron chi connectivity index (χ3n) is 2.26. The lowest BCUT2D eigenvalue weighted by Crippen LogP contribution is -2.00. The first-order valence-corrected chi connectivity index (χ1v) is 4.90. The molecule has 0 aliphatic heterocycles. The summed E-state index contributed by atoms with van der Waals surface area (Å²) < 4.78 is 5.10. The van der Waals surface area contributed by atoms with Gasteiger partial charge in [0.05, 0.1) is 12.7 Å². The first-order valence-electron chi connectivity index (χ1n) is 4.90. The third-order valence-corrected chi connectivity index (χ3v) is 2.26. The van der Waals surface area contributed by atoms with E-state index in [-0.39, 0.29) is 5.56 Å². The van der Waals surface area contributed by atoms with E-state index in [1.54, 1.807) is 18.5 Å². The Morgan fingerprint density at radius 3 is 2.82 bits per heavy atom. The minimum atomic E-state index is -1.02. The molecule has 0 saturated heterocycles. The van der Waals surface area contributed by atoms with Crippen molar-refractivity contribution in [2.75, 3.05) is 7.11 Å². The van der Waals surface area contributed by atoms with Crippen molar-refractivity contribution < 1.29 is 14.6 Å². The molecule has 0 aliphatic rings. The topological polar surface area (TPSA) is 72.3 Å². The summed E-state index contributed by atoms with van der Waals surface area (Å²) >= 11 is 0. The Morgan fingerprint density at radius 2 is 2.24 bits per heavy atom. The summed E-state index contributed by atoms with van der Waals surface area (Å²) in [6, 6.07) is 5.10. The molecule has 0 aromatic carbocycles. The number of methoxy groups -OCH3 is 1. The van der Waals surface area contributed by atoms with E-state index < -0.39 is 5.97 Å². The monoisotopic (exact) mass is 230 g/mol. The highest BCUT2D eigenvalue weighted by molar-refractivity contribution is 5.89. The lowest BCUT2D eigenvalue weighted by atomic mass is 10.1. The van der Waals surface area contributed by atoms with E-state index in [1.807, 2.05) is 6.07 Å². The van der Waals surface area contributed by atoms with Gasteiger partial charge in [-0.15, -0.1) is 0 Å². The number of pyridine rings is 2. The molecule has 0 saturated carbocycles. The lowest BCUT2D eigenvalue weighted by Gasteiger charge is -2.07. The maximum Gasteiger partial charge on any atom is 0.337 e. The van der Waals surface area contributed by atoms with Gasteiger partial charge in [0.1, 0.15) is 0 Å². The molecule has 1 N–H and O–H groups in total. The minimum Gasteiger partial charge on any atom is -0.481 e. The number of hydrogen-bond acceptors (Lipinski definition) is 4. The van der Waals surface area contributed by atoms with Gasteiger partial charge in [0, 0.05) is 29.7 Å². The Labute approximate surface area is 97.7 Å². The van der Waals surface area contributed by atoms with Crippen LogP contribution >= 0.6 is 0 Å². The molecular weight excluding hydrogens is 220 g/mol. The summed E-state index contributed by atoms with van der Waals surface area (Å²) in [5.74, 6) is -0.645. The Balaban J connectivity index is 2.58. The van der Waals surface area contributed by atoms with Gasteiger partial charge in [-0.25, -0.2) is 9.78 Å². The second-order valence-corrected chi connectivity index (χ2v) is 3.33. The molecule has 2 rings (SSSR count). The van der Waals surface area contributed by atoms with Gasteiger partial charge in [-0.05, 0) is 12.1 Å². The molecule has 0 amide bonds. The smallest absolute Gasteiger partial charge is 0.337 e. The number of carboxylic acid groups (broad SMARTS) is 1. The molecule has 5 heteroatoms. The SMILES string of the molecule is COc1ncc(C(=O)O)cc1-c1cccnc1. The second kappa shape index (κ2) is 4.61. The summed E-state index contributed by atoms with van der Waals surface area (Å²) in [7, 11) is 1.49. The van der Waals surface area contributed by atoms with E-state index in [1.165, 1.54) is 19.4 Å². The number of hydrogen-bond donors (Lipinski definition) is 1.